The van der Waals surface area contributed by atoms with Crippen LogP contribution in [0.3, 0.4) is 0 Å². The van der Waals surface area contributed by atoms with Gasteiger partial charge in [-0.1, -0.05) is 72.8 Å². The van der Waals surface area contributed by atoms with Crippen LogP contribution in [0.5, 0.6) is 0 Å². The zero-order chi connectivity index (χ0) is 35.2. The van der Waals surface area contributed by atoms with Gasteiger partial charge in [0.05, 0.1) is 33.0 Å². The highest BCUT2D eigenvalue weighted by molar-refractivity contribution is 5.93. The van der Waals surface area contributed by atoms with Gasteiger partial charge in [0.15, 0.2) is 0 Å². The topological polar surface area (TPSA) is 94.2 Å². The molecule has 0 radical (unpaired) electrons. The molecule has 0 spiro atoms. The van der Waals surface area contributed by atoms with Gasteiger partial charge >= 0.3 is 5.97 Å². The first kappa shape index (κ1) is 34.1. The Labute approximate surface area is 300 Å². The molecule has 2 heterocycles. The normalized spacial score (nSPS) is 32.4. The number of hydrogen-bond donors (Lipinski definition) is 1. The fourth-order valence-corrected chi connectivity index (χ4v) is 10.9. The molecule has 3 aromatic carbocycles. The first-order chi connectivity index (χ1) is 24.7. The molecule has 4 saturated carbocycles. The molecule has 9 rings (SSSR count). The Morgan fingerprint density at radius 1 is 0.902 bits per heavy atom. The third kappa shape index (κ3) is 6.50. The molecule has 0 unspecified atom stereocenters. The number of nitrogens with one attached hydrogen (secondary N) is 1. The molecule has 3 aromatic rings. The number of methoxy groups -OCH3 is 1. The van der Waals surface area contributed by atoms with Crippen molar-refractivity contribution in [1.29, 1.82) is 0 Å². The summed E-state index contributed by atoms with van der Waals surface area (Å²) in [6, 6.07) is 24.1. The van der Waals surface area contributed by atoms with Gasteiger partial charge in [0.25, 0.3) is 0 Å². The van der Waals surface area contributed by atoms with Crippen LogP contribution in [0.15, 0.2) is 84.6 Å². The van der Waals surface area contributed by atoms with E-state index in [0.29, 0.717) is 18.8 Å². The van der Waals surface area contributed by atoms with E-state index in [1.165, 1.54) is 45.6 Å². The fraction of sp³-hybridized carbons (Fsp3) is 0.512. The number of hydrogen-bond acceptors (Lipinski definition) is 6. The number of amides is 2. The van der Waals surface area contributed by atoms with Crippen molar-refractivity contribution in [3.63, 3.8) is 0 Å². The van der Waals surface area contributed by atoms with Crippen molar-refractivity contribution in [2.24, 2.45) is 34.5 Å². The highest BCUT2D eigenvalue weighted by atomic mass is 16.5. The van der Waals surface area contributed by atoms with Gasteiger partial charge in [-0.05, 0) is 103 Å². The summed E-state index contributed by atoms with van der Waals surface area (Å²) in [4.78, 5) is 44.3. The van der Waals surface area contributed by atoms with Crippen molar-refractivity contribution in [3.8, 4) is 0 Å². The Hall–Kier alpha value is -4.01. The average molecular weight is 691 g/mol. The maximum absolute atomic E-state index is 14.7. The molecule has 1 saturated heterocycles. The summed E-state index contributed by atoms with van der Waals surface area (Å²) in [5.74, 6) is 0.919. The third-order valence-electron chi connectivity index (χ3n) is 12.8. The van der Waals surface area contributed by atoms with E-state index in [1.807, 2.05) is 67.6 Å². The number of carbonyl (C=O) groups is 3. The minimum Gasteiger partial charge on any atom is -0.468 e. The maximum atomic E-state index is 14.7. The van der Waals surface area contributed by atoms with Crippen molar-refractivity contribution in [2.75, 3.05) is 20.3 Å². The number of rotatable bonds is 11. The number of piperidine rings is 1. The van der Waals surface area contributed by atoms with Crippen LogP contribution in [0.2, 0.25) is 0 Å². The molecule has 268 valence electrons. The first-order valence-electron chi connectivity index (χ1n) is 18.9. The Kier molecular flexibility index (Phi) is 9.26. The van der Waals surface area contributed by atoms with Gasteiger partial charge in [-0.3, -0.25) is 14.4 Å². The molecule has 4 aliphatic carbocycles. The quantitative estimate of drug-likeness (QED) is 0.219. The molecule has 2 amide bonds. The van der Waals surface area contributed by atoms with Gasteiger partial charge in [0.1, 0.15) is 11.5 Å². The molecule has 6 aliphatic rings. The molecule has 51 heavy (non-hydrogen) atoms. The van der Waals surface area contributed by atoms with Gasteiger partial charge in [0, 0.05) is 24.6 Å². The smallest absolute Gasteiger partial charge is 0.320 e. The molecule has 2 aliphatic heterocycles. The van der Waals surface area contributed by atoms with E-state index in [2.05, 4.69) is 23.5 Å². The summed E-state index contributed by atoms with van der Waals surface area (Å²) in [6.07, 6.45) is 8.57. The van der Waals surface area contributed by atoms with Gasteiger partial charge in [-0.25, -0.2) is 0 Å². The van der Waals surface area contributed by atoms with Crippen LogP contribution in [0, 0.1) is 34.5 Å². The lowest BCUT2D eigenvalue weighted by molar-refractivity contribution is -0.178. The zero-order valence-corrected chi connectivity index (χ0v) is 29.9. The van der Waals surface area contributed by atoms with Crippen LogP contribution >= 0.6 is 0 Å². The molecular weight excluding hydrogens is 640 g/mol. The Morgan fingerprint density at radius 2 is 1.59 bits per heavy atom. The number of carbonyl (C=O) groups excluding carboxylic acids is 3. The monoisotopic (exact) mass is 690 g/mol. The maximum Gasteiger partial charge on any atom is 0.320 e. The van der Waals surface area contributed by atoms with E-state index < -0.39 is 29.5 Å². The van der Waals surface area contributed by atoms with E-state index in [1.54, 1.807) is 4.90 Å². The van der Waals surface area contributed by atoms with Crippen LogP contribution in [0.1, 0.15) is 69.4 Å². The van der Waals surface area contributed by atoms with E-state index in [9.17, 15) is 14.4 Å². The van der Waals surface area contributed by atoms with Crippen LogP contribution < -0.4 is 5.32 Å². The number of fused-ring (bicyclic) bond motifs is 2. The Morgan fingerprint density at radius 3 is 2.31 bits per heavy atom. The second-order valence-corrected chi connectivity index (χ2v) is 16.2. The highest BCUT2D eigenvalue weighted by Crippen LogP contribution is 2.60. The molecule has 8 nitrogen and oxygen atoms in total. The van der Waals surface area contributed by atoms with Gasteiger partial charge in [-0.2, -0.15) is 0 Å². The summed E-state index contributed by atoms with van der Waals surface area (Å²) in [5, 5.41) is 5.40. The van der Waals surface area contributed by atoms with E-state index in [4.69, 9.17) is 14.2 Å². The van der Waals surface area contributed by atoms with Crippen molar-refractivity contribution in [3.05, 3.63) is 95.7 Å². The lowest BCUT2D eigenvalue weighted by Gasteiger charge is -2.57. The van der Waals surface area contributed by atoms with Gasteiger partial charge in [-0.15, -0.1) is 0 Å². The molecule has 4 bridgehead atoms. The van der Waals surface area contributed by atoms with Crippen LogP contribution in [0.4, 0.5) is 0 Å². The summed E-state index contributed by atoms with van der Waals surface area (Å²) in [5.41, 5.74) is 1.50. The summed E-state index contributed by atoms with van der Waals surface area (Å²) >= 11 is 0. The molecule has 5 fully saturated rings. The number of likely N-dealkylation sites (tertiary alicyclic amines) is 1. The highest BCUT2D eigenvalue weighted by Gasteiger charge is 2.60. The zero-order valence-electron chi connectivity index (χ0n) is 29.9. The number of ether oxygens (including phenoxy) is 3. The minimum absolute atomic E-state index is 0.0135. The van der Waals surface area contributed by atoms with Crippen molar-refractivity contribution < 1.29 is 28.6 Å². The fourth-order valence-electron chi connectivity index (χ4n) is 10.9. The third-order valence-corrected chi connectivity index (χ3v) is 12.8. The summed E-state index contributed by atoms with van der Waals surface area (Å²) in [7, 11) is 1.38. The lowest BCUT2D eigenvalue weighted by Crippen LogP contribution is -2.60. The van der Waals surface area contributed by atoms with Crippen LogP contribution in [-0.4, -0.2) is 55.2 Å². The molecule has 1 N–H and O–H groups in total. The SMILES string of the molecule is COC(=O)[C@@]12C[C@H](CC(=O)NCC34CC5CC(CC(C5)C3)C4)C(=O)N(Cc3cccc4ccccc34)C1=C[C@@H](COCc1ccccc1)O[C@H]2C. The summed E-state index contributed by atoms with van der Waals surface area (Å²) < 4.78 is 18.1. The average Bonchev–Trinajstić information content (AvgIpc) is 3.12. The second-order valence-electron chi connectivity index (χ2n) is 16.2. The Balaban J connectivity index is 1.08. The predicted molar refractivity (Wildman–Crippen MR) is 194 cm³/mol. The minimum atomic E-state index is -1.27. The van der Waals surface area contributed by atoms with Crippen molar-refractivity contribution in [1.82, 2.24) is 10.2 Å². The molecular formula is C43H50N2O6. The predicted octanol–water partition coefficient (Wildman–Crippen LogP) is 6.96. The van der Waals surface area contributed by atoms with Crippen LogP contribution in [0.25, 0.3) is 10.8 Å². The largest absolute Gasteiger partial charge is 0.468 e. The standard InChI is InChI=1S/C43H50N2O6/c1-28-43(41(48)49-2)23-35(18-39(46)44-27-42-20-30-15-31(21-42)17-32(16-30)22-42)40(47)45(24-34-13-8-12-33-11-6-7-14-37(33)34)38(43)19-36(51-28)26-50-25-29-9-4-3-5-10-29/h3-14,19,28,30-32,35-36H,15-18,20-27H2,1-2H3,(H,44,46)/t28-,30?,31?,32?,35-,36-,42?,43+/m0/s1. The molecule has 8 heteroatoms. The van der Waals surface area contributed by atoms with Crippen LogP contribution in [-0.2, 0) is 41.7 Å². The number of benzene rings is 3. The van der Waals surface area contributed by atoms with E-state index >= 15 is 0 Å². The molecule has 4 atom stereocenters. The Bertz CT molecular complexity index is 1780. The van der Waals surface area contributed by atoms with E-state index in [0.717, 1.165) is 39.7 Å². The lowest BCUT2D eigenvalue weighted by atomic mass is 9.49. The van der Waals surface area contributed by atoms with Gasteiger partial charge in [0.2, 0.25) is 11.8 Å². The van der Waals surface area contributed by atoms with Crippen molar-refractivity contribution in [2.45, 2.75) is 83.6 Å². The number of nitrogens with zero attached hydrogens (tertiary/aromatic N) is 1. The second kappa shape index (κ2) is 13.8. The van der Waals surface area contributed by atoms with E-state index in [-0.39, 0.29) is 43.2 Å². The van der Waals surface area contributed by atoms with Gasteiger partial charge < -0.3 is 24.4 Å². The van der Waals surface area contributed by atoms with Crippen molar-refractivity contribution >= 4 is 28.6 Å². The first-order valence-corrected chi connectivity index (χ1v) is 18.9. The molecule has 0 aromatic heterocycles. The summed E-state index contributed by atoms with van der Waals surface area (Å²) in [6.45, 7) is 3.48. The number of esters is 1.